The van der Waals surface area contributed by atoms with Crippen LogP contribution in [-0.2, 0) is 9.59 Å². The minimum atomic E-state index is -0.668. The summed E-state index contributed by atoms with van der Waals surface area (Å²) in [5.41, 5.74) is 1.45. The van der Waals surface area contributed by atoms with Gasteiger partial charge in [0.25, 0.3) is 0 Å². The van der Waals surface area contributed by atoms with Gasteiger partial charge in [-0.25, -0.2) is 0 Å². The number of carbonyl (C=O) groups is 2. The molecular weight excluding hydrogens is 296 g/mol. The molecule has 1 aliphatic heterocycles. The number of benzene rings is 1. The van der Waals surface area contributed by atoms with Crippen LogP contribution in [0.25, 0.3) is 0 Å². The van der Waals surface area contributed by atoms with Crippen molar-refractivity contribution in [2.45, 2.75) is 38.6 Å². The molecular formula is C17H24N2O4. The first-order valence-corrected chi connectivity index (χ1v) is 7.94. The van der Waals surface area contributed by atoms with Crippen LogP contribution in [0, 0.1) is 6.92 Å². The maximum Gasteiger partial charge on any atom is 0.314 e. The fourth-order valence-corrected chi connectivity index (χ4v) is 2.94. The molecule has 0 bridgehead atoms. The van der Waals surface area contributed by atoms with Gasteiger partial charge >= 0.3 is 11.8 Å². The van der Waals surface area contributed by atoms with Crippen LogP contribution in [0.2, 0.25) is 0 Å². The first-order chi connectivity index (χ1) is 11.1. The van der Waals surface area contributed by atoms with Crippen molar-refractivity contribution in [1.29, 1.82) is 0 Å². The van der Waals surface area contributed by atoms with E-state index in [1.54, 1.807) is 17.0 Å². The Labute approximate surface area is 136 Å². The summed E-state index contributed by atoms with van der Waals surface area (Å²) < 4.78 is 5.21. The zero-order valence-electron chi connectivity index (χ0n) is 13.7. The van der Waals surface area contributed by atoms with Gasteiger partial charge in [-0.2, -0.15) is 0 Å². The van der Waals surface area contributed by atoms with Gasteiger partial charge in [0.05, 0.1) is 12.8 Å². The SMILES string of the molecule is COc1ccc(C)cc1NC(=O)C(=O)N1CCCCC1CCO. The third kappa shape index (κ3) is 4.22. The molecule has 2 rings (SSSR count). The normalized spacial score (nSPS) is 17.7. The zero-order valence-corrected chi connectivity index (χ0v) is 13.7. The van der Waals surface area contributed by atoms with Crippen LogP contribution in [0.3, 0.4) is 0 Å². The minimum Gasteiger partial charge on any atom is -0.495 e. The van der Waals surface area contributed by atoms with Crippen LogP contribution < -0.4 is 10.1 Å². The predicted molar refractivity (Wildman–Crippen MR) is 87.4 cm³/mol. The third-order valence-electron chi connectivity index (χ3n) is 4.15. The number of rotatable bonds is 4. The summed E-state index contributed by atoms with van der Waals surface area (Å²) in [4.78, 5) is 26.4. The number of nitrogens with zero attached hydrogens (tertiary/aromatic N) is 1. The Morgan fingerprint density at radius 2 is 2.17 bits per heavy atom. The largest absolute Gasteiger partial charge is 0.495 e. The maximum absolute atomic E-state index is 12.5. The Bertz CT molecular complexity index is 572. The highest BCUT2D eigenvalue weighted by Gasteiger charge is 2.30. The van der Waals surface area contributed by atoms with E-state index in [2.05, 4.69) is 5.32 Å². The number of nitrogens with one attached hydrogen (secondary N) is 1. The highest BCUT2D eigenvalue weighted by atomic mass is 16.5. The summed E-state index contributed by atoms with van der Waals surface area (Å²) in [7, 11) is 1.52. The van der Waals surface area contributed by atoms with E-state index in [9.17, 15) is 9.59 Å². The third-order valence-corrected chi connectivity index (χ3v) is 4.15. The van der Waals surface area contributed by atoms with Gasteiger partial charge in [-0.15, -0.1) is 0 Å². The molecule has 126 valence electrons. The van der Waals surface area contributed by atoms with Gasteiger partial charge in [-0.3, -0.25) is 9.59 Å². The number of piperidine rings is 1. The molecule has 1 unspecified atom stereocenters. The second-order valence-corrected chi connectivity index (χ2v) is 5.82. The van der Waals surface area contributed by atoms with Crippen molar-refractivity contribution >= 4 is 17.5 Å². The van der Waals surface area contributed by atoms with Gasteiger partial charge in [0.1, 0.15) is 5.75 Å². The van der Waals surface area contributed by atoms with Crippen molar-refractivity contribution < 1.29 is 19.4 Å². The van der Waals surface area contributed by atoms with Crippen LogP contribution in [0.5, 0.6) is 5.75 Å². The van der Waals surface area contributed by atoms with Gasteiger partial charge in [0.15, 0.2) is 0 Å². The number of likely N-dealkylation sites (tertiary alicyclic amines) is 1. The van der Waals surface area contributed by atoms with Crippen molar-refractivity contribution in [3.8, 4) is 5.75 Å². The van der Waals surface area contributed by atoms with Crippen LogP contribution in [-0.4, -0.2) is 48.1 Å². The lowest BCUT2D eigenvalue weighted by molar-refractivity contribution is -0.146. The van der Waals surface area contributed by atoms with Crippen molar-refractivity contribution in [1.82, 2.24) is 4.90 Å². The van der Waals surface area contributed by atoms with E-state index in [1.165, 1.54) is 7.11 Å². The van der Waals surface area contributed by atoms with E-state index in [-0.39, 0.29) is 12.6 Å². The summed E-state index contributed by atoms with van der Waals surface area (Å²) in [5.74, 6) is -0.701. The lowest BCUT2D eigenvalue weighted by atomic mass is 9.99. The summed E-state index contributed by atoms with van der Waals surface area (Å²) >= 11 is 0. The smallest absolute Gasteiger partial charge is 0.314 e. The topological polar surface area (TPSA) is 78.9 Å². The second kappa shape index (κ2) is 7.97. The van der Waals surface area contributed by atoms with Crippen molar-refractivity contribution in [2.24, 2.45) is 0 Å². The van der Waals surface area contributed by atoms with E-state index < -0.39 is 11.8 Å². The first kappa shape index (κ1) is 17.3. The number of methoxy groups -OCH3 is 1. The molecule has 0 aromatic heterocycles. The number of anilines is 1. The Morgan fingerprint density at radius 3 is 2.87 bits per heavy atom. The highest BCUT2D eigenvalue weighted by Crippen LogP contribution is 2.26. The average Bonchev–Trinajstić information content (AvgIpc) is 2.55. The molecule has 1 saturated heterocycles. The van der Waals surface area contributed by atoms with Gasteiger partial charge in [-0.1, -0.05) is 6.07 Å². The quantitative estimate of drug-likeness (QED) is 0.828. The van der Waals surface area contributed by atoms with Crippen molar-refractivity contribution in [3.05, 3.63) is 23.8 Å². The summed E-state index contributed by atoms with van der Waals surface area (Å²) in [6.45, 7) is 2.47. The number of aliphatic hydroxyl groups excluding tert-OH is 1. The zero-order chi connectivity index (χ0) is 16.8. The van der Waals surface area contributed by atoms with Gasteiger partial charge in [0, 0.05) is 19.2 Å². The number of amides is 2. The predicted octanol–water partition coefficient (Wildman–Crippen LogP) is 1.71. The van der Waals surface area contributed by atoms with Crippen molar-refractivity contribution in [3.63, 3.8) is 0 Å². The standard InChI is InChI=1S/C17H24N2O4/c1-12-6-7-15(23-2)14(11-12)18-16(21)17(22)19-9-4-3-5-13(19)8-10-20/h6-7,11,13,20H,3-5,8-10H2,1-2H3,(H,18,21). The van der Waals surface area contributed by atoms with E-state index in [0.29, 0.717) is 24.4 Å². The highest BCUT2D eigenvalue weighted by molar-refractivity contribution is 6.39. The molecule has 1 fully saturated rings. The fraction of sp³-hybridized carbons (Fsp3) is 0.529. The fourth-order valence-electron chi connectivity index (χ4n) is 2.94. The molecule has 6 heteroatoms. The molecule has 2 amide bonds. The molecule has 23 heavy (non-hydrogen) atoms. The average molecular weight is 320 g/mol. The number of aryl methyl sites for hydroxylation is 1. The minimum absolute atomic E-state index is 0.0156. The Morgan fingerprint density at radius 1 is 1.39 bits per heavy atom. The molecule has 2 N–H and O–H groups in total. The number of aliphatic hydroxyl groups is 1. The summed E-state index contributed by atoms with van der Waals surface area (Å²) in [5, 5.41) is 11.8. The summed E-state index contributed by atoms with van der Waals surface area (Å²) in [6.07, 6.45) is 3.23. The van der Waals surface area contributed by atoms with Crippen LogP contribution in [0.15, 0.2) is 18.2 Å². The lowest BCUT2D eigenvalue weighted by Gasteiger charge is -2.35. The van der Waals surface area contributed by atoms with E-state index in [4.69, 9.17) is 9.84 Å². The number of carbonyl (C=O) groups excluding carboxylic acids is 2. The molecule has 1 aromatic rings. The second-order valence-electron chi connectivity index (χ2n) is 5.82. The molecule has 0 spiro atoms. The summed E-state index contributed by atoms with van der Waals surface area (Å²) in [6, 6.07) is 5.33. The Kier molecular flexibility index (Phi) is 5.98. The lowest BCUT2D eigenvalue weighted by Crippen LogP contribution is -2.48. The number of hydrogen-bond acceptors (Lipinski definition) is 4. The number of hydrogen-bond donors (Lipinski definition) is 2. The molecule has 0 radical (unpaired) electrons. The van der Waals surface area contributed by atoms with E-state index >= 15 is 0 Å². The van der Waals surface area contributed by atoms with Crippen LogP contribution in [0.4, 0.5) is 5.69 Å². The number of ether oxygens (including phenoxy) is 1. The van der Waals surface area contributed by atoms with Gasteiger partial charge < -0.3 is 20.1 Å². The monoisotopic (exact) mass is 320 g/mol. The van der Waals surface area contributed by atoms with Crippen LogP contribution in [0.1, 0.15) is 31.2 Å². The molecule has 1 aromatic carbocycles. The molecule has 0 aliphatic carbocycles. The maximum atomic E-state index is 12.5. The molecule has 1 atom stereocenters. The molecule has 6 nitrogen and oxygen atoms in total. The Hall–Kier alpha value is -2.08. The van der Waals surface area contributed by atoms with E-state index in [1.807, 2.05) is 13.0 Å². The van der Waals surface area contributed by atoms with Gasteiger partial charge in [0.2, 0.25) is 0 Å². The first-order valence-electron chi connectivity index (χ1n) is 7.94. The van der Waals surface area contributed by atoms with E-state index in [0.717, 1.165) is 24.8 Å². The molecule has 0 saturated carbocycles. The van der Waals surface area contributed by atoms with Gasteiger partial charge in [-0.05, 0) is 50.3 Å². The molecule has 1 aliphatic rings. The van der Waals surface area contributed by atoms with Crippen LogP contribution >= 0.6 is 0 Å². The molecule has 1 heterocycles. The Balaban J connectivity index is 2.10. The van der Waals surface area contributed by atoms with Crippen molar-refractivity contribution in [2.75, 3.05) is 25.6 Å².